The SMILES string of the molecule is O=C(O)c1cc2c(-c3cc4ccccc4s3)nc(OCC3CC3)nc2s1. The number of hydrogen-bond donors (Lipinski definition) is 1. The number of carbonyl (C=O) groups is 1. The van der Waals surface area contributed by atoms with Crippen LogP contribution < -0.4 is 4.74 Å². The first-order valence-electron chi connectivity index (χ1n) is 8.34. The first-order valence-corrected chi connectivity index (χ1v) is 9.97. The molecular formula is C19H14N2O3S2. The second-order valence-electron chi connectivity index (χ2n) is 6.39. The Hall–Kier alpha value is -2.51. The van der Waals surface area contributed by atoms with Crippen LogP contribution in [0.1, 0.15) is 22.5 Å². The van der Waals surface area contributed by atoms with Crippen LogP contribution in [0.15, 0.2) is 36.4 Å². The van der Waals surface area contributed by atoms with Crippen LogP contribution in [0.3, 0.4) is 0 Å². The number of aromatic carboxylic acids is 1. The maximum absolute atomic E-state index is 11.4. The summed E-state index contributed by atoms with van der Waals surface area (Å²) < 4.78 is 6.96. The van der Waals surface area contributed by atoms with Crippen molar-refractivity contribution in [2.45, 2.75) is 12.8 Å². The minimum Gasteiger partial charge on any atom is -0.477 e. The van der Waals surface area contributed by atoms with Crippen LogP contribution in [0, 0.1) is 5.92 Å². The summed E-state index contributed by atoms with van der Waals surface area (Å²) in [5, 5.41) is 11.3. The Labute approximate surface area is 156 Å². The molecule has 0 unspecified atom stereocenters. The van der Waals surface area contributed by atoms with E-state index in [1.54, 1.807) is 17.4 Å². The fourth-order valence-electron chi connectivity index (χ4n) is 2.84. The van der Waals surface area contributed by atoms with Crippen LogP contribution in [0.25, 0.3) is 30.9 Å². The van der Waals surface area contributed by atoms with Crippen LogP contribution in [0.4, 0.5) is 0 Å². The van der Waals surface area contributed by atoms with Crippen molar-refractivity contribution in [1.82, 2.24) is 9.97 Å². The average molecular weight is 382 g/mol. The smallest absolute Gasteiger partial charge is 0.345 e. The number of benzene rings is 1. The maximum Gasteiger partial charge on any atom is 0.345 e. The van der Waals surface area contributed by atoms with Crippen molar-refractivity contribution in [2.24, 2.45) is 5.92 Å². The summed E-state index contributed by atoms with van der Waals surface area (Å²) in [4.78, 5) is 22.4. The minimum atomic E-state index is -0.948. The van der Waals surface area contributed by atoms with Gasteiger partial charge in [-0.1, -0.05) is 18.2 Å². The van der Waals surface area contributed by atoms with Gasteiger partial charge in [-0.2, -0.15) is 9.97 Å². The lowest BCUT2D eigenvalue weighted by molar-refractivity contribution is 0.0702. The highest BCUT2D eigenvalue weighted by molar-refractivity contribution is 7.22. The van der Waals surface area contributed by atoms with Crippen LogP contribution in [0.2, 0.25) is 0 Å². The normalized spacial score (nSPS) is 14.2. The van der Waals surface area contributed by atoms with E-state index >= 15 is 0 Å². The summed E-state index contributed by atoms with van der Waals surface area (Å²) in [5.74, 6) is -0.351. The molecule has 7 heteroatoms. The highest BCUT2D eigenvalue weighted by atomic mass is 32.1. The molecule has 0 saturated heterocycles. The number of nitrogens with zero attached hydrogens (tertiary/aromatic N) is 2. The van der Waals surface area contributed by atoms with Crippen molar-refractivity contribution < 1.29 is 14.6 Å². The van der Waals surface area contributed by atoms with Crippen molar-refractivity contribution in [1.29, 1.82) is 0 Å². The molecule has 3 aromatic heterocycles. The third-order valence-corrected chi connectivity index (χ3v) is 6.53. The molecule has 1 aliphatic rings. The van der Waals surface area contributed by atoms with Gasteiger partial charge in [0.25, 0.3) is 0 Å². The summed E-state index contributed by atoms with van der Waals surface area (Å²) in [5.41, 5.74) is 0.741. The number of thiophene rings is 2. The van der Waals surface area contributed by atoms with Crippen LogP contribution in [-0.2, 0) is 0 Å². The molecule has 1 fully saturated rings. The number of ether oxygens (including phenoxy) is 1. The van der Waals surface area contributed by atoms with E-state index in [0.29, 0.717) is 23.4 Å². The predicted octanol–water partition coefficient (Wildman–Crippen LogP) is 5.06. The van der Waals surface area contributed by atoms with Gasteiger partial charge in [0.05, 0.1) is 17.2 Å². The van der Waals surface area contributed by atoms with E-state index in [-0.39, 0.29) is 4.88 Å². The molecule has 1 N–H and O–H groups in total. The number of rotatable bonds is 5. The Balaban J connectivity index is 1.67. The van der Waals surface area contributed by atoms with Gasteiger partial charge >= 0.3 is 12.0 Å². The lowest BCUT2D eigenvalue weighted by Crippen LogP contribution is -2.03. The van der Waals surface area contributed by atoms with Crippen molar-refractivity contribution in [2.75, 3.05) is 6.61 Å². The van der Waals surface area contributed by atoms with Crippen LogP contribution in [0.5, 0.6) is 6.01 Å². The van der Waals surface area contributed by atoms with Gasteiger partial charge in [0.1, 0.15) is 9.71 Å². The number of carboxylic acid groups (broad SMARTS) is 1. The zero-order valence-corrected chi connectivity index (χ0v) is 15.3. The number of fused-ring (bicyclic) bond motifs is 2. The van der Waals surface area contributed by atoms with Crippen molar-refractivity contribution >= 4 is 48.9 Å². The van der Waals surface area contributed by atoms with Crippen LogP contribution >= 0.6 is 22.7 Å². The van der Waals surface area contributed by atoms with Gasteiger partial charge in [-0.25, -0.2) is 4.79 Å². The summed E-state index contributed by atoms with van der Waals surface area (Å²) in [6.45, 7) is 0.620. The standard InChI is InChI=1S/C19H14N2O3S2/c22-18(23)15-8-12-16(14-7-11-3-1-2-4-13(11)25-14)20-19(21-17(12)26-15)24-9-10-5-6-10/h1-4,7-8,10H,5-6,9H2,(H,22,23). The lowest BCUT2D eigenvalue weighted by atomic mass is 10.2. The molecule has 1 saturated carbocycles. The van der Waals surface area contributed by atoms with E-state index < -0.39 is 5.97 Å². The Bertz CT molecular complexity index is 1110. The summed E-state index contributed by atoms with van der Waals surface area (Å²) in [6, 6.07) is 12.2. The topological polar surface area (TPSA) is 72.3 Å². The first kappa shape index (κ1) is 15.7. The van der Waals surface area contributed by atoms with E-state index in [0.717, 1.165) is 32.7 Å². The second kappa shape index (κ2) is 6.03. The molecule has 26 heavy (non-hydrogen) atoms. The highest BCUT2D eigenvalue weighted by Crippen LogP contribution is 2.39. The van der Waals surface area contributed by atoms with E-state index in [1.807, 2.05) is 12.1 Å². The Morgan fingerprint density at radius 3 is 2.81 bits per heavy atom. The molecule has 130 valence electrons. The number of hydrogen-bond acceptors (Lipinski definition) is 6. The van der Waals surface area contributed by atoms with Gasteiger partial charge < -0.3 is 9.84 Å². The van der Waals surface area contributed by atoms with Crippen molar-refractivity contribution in [3.8, 4) is 16.6 Å². The molecule has 0 amide bonds. The molecule has 3 heterocycles. The lowest BCUT2D eigenvalue weighted by Gasteiger charge is -2.06. The minimum absolute atomic E-state index is 0.260. The third-order valence-electron chi connectivity index (χ3n) is 4.39. The fourth-order valence-corrected chi connectivity index (χ4v) is 4.76. The van der Waals surface area contributed by atoms with E-state index in [2.05, 4.69) is 28.2 Å². The monoisotopic (exact) mass is 382 g/mol. The zero-order chi connectivity index (χ0) is 17.7. The third kappa shape index (κ3) is 2.83. The zero-order valence-electron chi connectivity index (χ0n) is 13.6. The fraction of sp³-hybridized carbons (Fsp3) is 0.211. The molecule has 0 spiro atoms. The van der Waals surface area contributed by atoms with Crippen LogP contribution in [-0.4, -0.2) is 27.7 Å². The molecule has 1 aromatic carbocycles. The van der Waals surface area contributed by atoms with E-state index in [1.165, 1.54) is 17.5 Å². The molecule has 0 radical (unpaired) electrons. The van der Waals surface area contributed by atoms with E-state index in [9.17, 15) is 9.90 Å². The quantitative estimate of drug-likeness (QED) is 0.522. The molecule has 0 atom stereocenters. The number of aromatic nitrogens is 2. The highest BCUT2D eigenvalue weighted by Gasteiger charge is 2.23. The molecule has 0 bridgehead atoms. The van der Waals surface area contributed by atoms with Gasteiger partial charge in [-0.3, -0.25) is 0 Å². The molecule has 5 rings (SSSR count). The van der Waals surface area contributed by atoms with Crippen molar-refractivity contribution in [3.05, 3.63) is 41.3 Å². The molecule has 0 aliphatic heterocycles. The summed E-state index contributed by atoms with van der Waals surface area (Å²) in [7, 11) is 0. The van der Waals surface area contributed by atoms with Gasteiger partial charge in [0, 0.05) is 10.1 Å². The summed E-state index contributed by atoms with van der Waals surface area (Å²) in [6.07, 6.45) is 2.38. The van der Waals surface area contributed by atoms with Gasteiger partial charge in [-0.15, -0.1) is 22.7 Å². The molecule has 4 aromatic rings. The Morgan fingerprint density at radius 2 is 2.04 bits per heavy atom. The predicted molar refractivity (Wildman–Crippen MR) is 103 cm³/mol. The van der Waals surface area contributed by atoms with Gasteiger partial charge in [-0.05, 0) is 42.3 Å². The van der Waals surface area contributed by atoms with Crippen molar-refractivity contribution in [3.63, 3.8) is 0 Å². The summed E-state index contributed by atoms with van der Waals surface area (Å²) >= 11 is 2.80. The average Bonchev–Trinajstić information content (AvgIpc) is 3.20. The maximum atomic E-state index is 11.4. The Morgan fingerprint density at radius 1 is 1.19 bits per heavy atom. The molecular weight excluding hydrogens is 368 g/mol. The number of carboxylic acids is 1. The second-order valence-corrected chi connectivity index (χ2v) is 8.51. The largest absolute Gasteiger partial charge is 0.477 e. The first-order chi connectivity index (χ1) is 12.7. The van der Waals surface area contributed by atoms with Gasteiger partial charge in [0.2, 0.25) is 0 Å². The molecule has 5 nitrogen and oxygen atoms in total. The Kier molecular flexibility index (Phi) is 3.65. The van der Waals surface area contributed by atoms with Gasteiger partial charge in [0.15, 0.2) is 0 Å². The molecule has 1 aliphatic carbocycles. The van der Waals surface area contributed by atoms with E-state index in [4.69, 9.17) is 4.74 Å².